The van der Waals surface area contributed by atoms with Crippen LogP contribution in [0.4, 0.5) is 4.79 Å². The number of hydrogen-bond acceptors (Lipinski definition) is 6. The predicted molar refractivity (Wildman–Crippen MR) is 118 cm³/mol. The molecule has 1 aromatic rings. The van der Waals surface area contributed by atoms with E-state index in [9.17, 15) is 14.4 Å². The molecule has 1 aliphatic heterocycles. The van der Waals surface area contributed by atoms with Crippen LogP contribution in [0.15, 0.2) is 18.2 Å². The molecule has 0 radical (unpaired) electrons. The molecule has 32 heavy (non-hydrogen) atoms. The van der Waals surface area contributed by atoms with Crippen molar-refractivity contribution >= 4 is 17.8 Å². The van der Waals surface area contributed by atoms with Crippen LogP contribution in [0, 0.1) is 11.8 Å². The zero-order valence-corrected chi connectivity index (χ0v) is 19.5. The average molecular weight is 444 g/mol. The normalized spacial score (nSPS) is 26.3. The smallest absolute Gasteiger partial charge is 0.407 e. The highest BCUT2D eigenvalue weighted by atomic mass is 16.6. The molecule has 2 aliphatic carbocycles. The van der Waals surface area contributed by atoms with Crippen LogP contribution in [0.2, 0.25) is 0 Å². The van der Waals surface area contributed by atoms with Crippen LogP contribution < -0.4 is 10.1 Å². The molecule has 2 fully saturated rings. The summed E-state index contributed by atoms with van der Waals surface area (Å²) in [5.41, 5.74) is 0.447. The van der Waals surface area contributed by atoms with E-state index >= 15 is 0 Å². The Morgan fingerprint density at radius 3 is 2.50 bits per heavy atom. The third-order valence-corrected chi connectivity index (χ3v) is 6.70. The first kappa shape index (κ1) is 22.6. The SMILES string of the molecule is COC(=O)C(C)C(c1ccc2c(c1)OC1(CC2=O)CC(NC(=O)OC(C)(C)C)C1)C1CC1. The lowest BCUT2D eigenvalue weighted by Crippen LogP contribution is -2.60. The Hall–Kier alpha value is -2.57. The number of carbonyl (C=O) groups excluding carboxylic acids is 3. The van der Waals surface area contributed by atoms with E-state index in [-0.39, 0.29) is 29.6 Å². The van der Waals surface area contributed by atoms with Crippen molar-refractivity contribution in [3.8, 4) is 5.75 Å². The second kappa shape index (κ2) is 8.09. The lowest BCUT2D eigenvalue weighted by atomic mass is 9.70. The number of ketones is 1. The van der Waals surface area contributed by atoms with Gasteiger partial charge in [-0.2, -0.15) is 0 Å². The van der Waals surface area contributed by atoms with Gasteiger partial charge < -0.3 is 19.5 Å². The van der Waals surface area contributed by atoms with Gasteiger partial charge in [-0.3, -0.25) is 9.59 Å². The standard InChI is InChI=1S/C25H33NO6/c1-14(22(28)30-5)21(15-6-7-15)16-8-9-18-19(27)13-25(31-20(18)10-16)11-17(12-25)26-23(29)32-24(2,3)4/h8-10,14-15,17,21H,6-7,11-13H2,1-5H3,(H,26,29). The zero-order valence-electron chi connectivity index (χ0n) is 19.5. The van der Waals surface area contributed by atoms with Gasteiger partial charge in [0.25, 0.3) is 0 Å². The van der Waals surface area contributed by atoms with Crippen LogP contribution >= 0.6 is 0 Å². The monoisotopic (exact) mass is 443 g/mol. The summed E-state index contributed by atoms with van der Waals surface area (Å²) in [5, 5.41) is 2.87. The summed E-state index contributed by atoms with van der Waals surface area (Å²) in [4.78, 5) is 37.1. The van der Waals surface area contributed by atoms with Crippen molar-refractivity contribution in [1.29, 1.82) is 0 Å². The van der Waals surface area contributed by atoms with E-state index in [1.54, 1.807) is 0 Å². The van der Waals surface area contributed by atoms with Gasteiger partial charge in [0, 0.05) is 18.9 Å². The quantitative estimate of drug-likeness (QED) is 0.679. The number of amides is 1. The topological polar surface area (TPSA) is 90.9 Å². The number of hydrogen-bond donors (Lipinski definition) is 1. The van der Waals surface area contributed by atoms with Crippen LogP contribution in [-0.4, -0.2) is 42.2 Å². The summed E-state index contributed by atoms with van der Waals surface area (Å²) >= 11 is 0. The minimum atomic E-state index is -0.592. The molecule has 2 atom stereocenters. The van der Waals surface area contributed by atoms with Gasteiger partial charge in [-0.15, -0.1) is 0 Å². The molecule has 7 nitrogen and oxygen atoms in total. The van der Waals surface area contributed by atoms with E-state index in [2.05, 4.69) is 5.32 Å². The third kappa shape index (κ3) is 4.62. The Bertz CT molecular complexity index is 923. The molecule has 0 aromatic heterocycles. The summed E-state index contributed by atoms with van der Waals surface area (Å²) in [6, 6.07) is 5.63. The molecule has 0 bridgehead atoms. The summed E-state index contributed by atoms with van der Waals surface area (Å²) in [5.74, 6) is 0.650. The Morgan fingerprint density at radius 1 is 1.22 bits per heavy atom. The number of carbonyl (C=O) groups is 3. The van der Waals surface area contributed by atoms with Gasteiger partial charge in [-0.25, -0.2) is 4.79 Å². The Morgan fingerprint density at radius 2 is 1.91 bits per heavy atom. The van der Waals surface area contributed by atoms with Crippen LogP contribution in [0.25, 0.3) is 0 Å². The van der Waals surface area contributed by atoms with Crippen molar-refractivity contribution in [3.05, 3.63) is 29.3 Å². The molecule has 1 spiro atoms. The highest BCUT2D eigenvalue weighted by Crippen LogP contribution is 2.50. The van der Waals surface area contributed by atoms with Crippen LogP contribution in [0.1, 0.15) is 81.6 Å². The molecule has 174 valence electrons. The molecule has 1 N–H and O–H groups in total. The lowest BCUT2D eigenvalue weighted by molar-refractivity contribution is -0.145. The van der Waals surface area contributed by atoms with E-state index in [1.807, 2.05) is 45.9 Å². The summed E-state index contributed by atoms with van der Waals surface area (Å²) in [7, 11) is 1.42. The fourth-order valence-electron chi connectivity index (χ4n) is 5.12. The first-order valence-electron chi connectivity index (χ1n) is 11.4. The van der Waals surface area contributed by atoms with E-state index in [4.69, 9.17) is 14.2 Å². The van der Waals surface area contributed by atoms with Crippen molar-refractivity contribution in [2.24, 2.45) is 11.8 Å². The van der Waals surface area contributed by atoms with E-state index < -0.39 is 17.3 Å². The summed E-state index contributed by atoms with van der Waals surface area (Å²) in [6.45, 7) is 7.37. The van der Waals surface area contributed by atoms with Crippen molar-refractivity contribution in [2.45, 2.75) is 83.0 Å². The first-order chi connectivity index (χ1) is 15.0. The Balaban J connectivity index is 1.48. The Labute approximate surface area is 189 Å². The molecule has 3 aliphatic rings. The van der Waals surface area contributed by atoms with Gasteiger partial charge in [-0.05, 0) is 63.1 Å². The fourth-order valence-corrected chi connectivity index (χ4v) is 5.12. The summed E-state index contributed by atoms with van der Waals surface area (Å²) in [6.07, 6.45) is 3.15. The molecule has 4 rings (SSSR count). The van der Waals surface area contributed by atoms with Gasteiger partial charge in [0.1, 0.15) is 17.0 Å². The molecule has 7 heteroatoms. The van der Waals surface area contributed by atoms with Crippen LogP contribution in [0.3, 0.4) is 0 Å². The minimum absolute atomic E-state index is 0.0484. The fraction of sp³-hybridized carbons (Fsp3) is 0.640. The summed E-state index contributed by atoms with van der Waals surface area (Å²) < 4.78 is 16.7. The highest BCUT2D eigenvalue weighted by Gasteiger charge is 2.51. The van der Waals surface area contributed by atoms with Gasteiger partial charge in [0.15, 0.2) is 5.78 Å². The van der Waals surface area contributed by atoms with Gasteiger partial charge in [-0.1, -0.05) is 13.0 Å². The predicted octanol–water partition coefficient (Wildman–Crippen LogP) is 4.38. The molecule has 1 aromatic carbocycles. The van der Waals surface area contributed by atoms with Crippen LogP contribution in [-0.2, 0) is 14.3 Å². The number of Topliss-reactive ketones (excluding diaryl/α,β-unsaturated/α-hetero) is 1. The highest BCUT2D eigenvalue weighted by molar-refractivity contribution is 6.00. The van der Waals surface area contributed by atoms with Gasteiger partial charge in [0.2, 0.25) is 0 Å². The van der Waals surface area contributed by atoms with Crippen molar-refractivity contribution in [2.75, 3.05) is 7.11 Å². The number of benzene rings is 1. The largest absolute Gasteiger partial charge is 0.486 e. The maximum absolute atomic E-state index is 12.9. The maximum atomic E-state index is 12.9. The first-order valence-corrected chi connectivity index (χ1v) is 11.4. The Kier molecular flexibility index (Phi) is 5.72. The van der Waals surface area contributed by atoms with E-state index in [1.165, 1.54) is 7.11 Å². The number of ether oxygens (including phenoxy) is 3. The zero-order chi connectivity index (χ0) is 23.3. The van der Waals surface area contributed by atoms with Crippen molar-refractivity contribution < 1.29 is 28.6 Å². The average Bonchev–Trinajstić information content (AvgIpc) is 3.49. The molecular formula is C25H33NO6. The maximum Gasteiger partial charge on any atom is 0.407 e. The molecular weight excluding hydrogens is 410 g/mol. The molecule has 1 heterocycles. The van der Waals surface area contributed by atoms with Crippen LogP contribution in [0.5, 0.6) is 5.75 Å². The van der Waals surface area contributed by atoms with Gasteiger partial charge in [0.05, 0.1) is 25.0 Å². The minimum Gasteiger partial charge on any atom is -0.486 e. The second-order valence-electron chi connectivity index (χ2n) is 10.6. The third-order valence-electron chi connectivity index (χ3n) is 6.70. The second-order valence-corrected chi connectivity index (χ2v) is 10.6. The van der Waals surface area contributed by atoms with E-state index in [0.29, 0.717) is 36.5 Å². The molecule has 2 unspecified atom stereocenters. The molecule has 2 saturated carbocycles. The van der Waals surface area contributed by atoms with Crippen molar-refractivity contribution in [3.63, 3.8) is 0 Å². The van der Waals surface area contributed by atoms with E-state index in [0.717, 1.165) is 18.4 Å². The number of rotatable bonds is 5. The molecule has 0 saturated heterocycles. The number of methoxy groups -OCH3 is 1. The number of alkyl carbamates (subject to hydrolysis) is 1. The van der Waals surface area contributed by atoms with Crippen molar-refractivity contribution in [1.82, 2.24) is 5.32 Å². The number of nitrogens with one attached hydrogen (secondary N) is 1. The van der Waals surface area contributed by atoms with Gasteiger partial charge >= 0.3 is 12.1 Å². The lowest BCUT2D eigenvalue weighted by Gasteiger charge is -2.49. The molecule has 1 amide bonds. The number of fused-ring (bicyclic) bond motifs is 1. The number of esters is 1.